The van der Waals surface area contributed by atoms with Gasteiger partial charge < -0.3 is 9.09 Å². The van der Waals surface area contributed by atoms with Gasteiger partial charge >= 0.3 is 0 Å². The summed E-state index contributed by atoms with van der Waals surface area (Å²) >= 11 is 3.34. The third-order valence-corrected chi connectivity index (χ3v) is 7.29. The second-order valence-corrected chi connectivity index (χ2v) is 9.60. The summed E-state index contributed by atoms with van der Waals surface area (Å²) in [6.07, 6.45) is 6.93. The van der Waals surface area contributed by atoms with E-state index in [9.17, 15) is 4.39 Å². The van der Waals surface area contributed by atoms with E-state index in [1.807, 2.05) is 0 Å². The Balaban J connectivity index is 1.34. The minimum absolute atomic E-state index is 0.292. The normalized spacial score (nSPS) is 14.9. The van der Waals surface area contributed by atoms with Crippen molar-refractivity contribution in [2.75, 3.05) is 0 Å². The van der Waals surface area contributed by atoms with Crippen LogP contribution >= 0.6 is 23.1 Å². The molecule has 3 aromatic heterocycles. The molecule has 0 N–H and O–H groups in total. The lowest BCUT2D eigenvalue weighted by Gasteiger charge is -2.25. The zero-order valence-electron chi connectivity index (χ0n) is 16.9. The van der Waals surface area contributed by atoms with Crippen LogP contribution in [-0.4, -0.2) is 24.9 Å². The first-order valence-electron chi connectivity index (χ1n) is 10.4. The van der Waals surface area contributed by atoms with Crippen molar-refractivity contribution >= 4 is 23.1 Å². The first-order valence-corrected chi connectivity index (χ1v) is 12.3. The maximum Gasteiger partial charge on any atom is 0.257 e. The molecule has 1 aliphatic rings. The quantitative estimate of drug-likeness (QED) is 0.322. The average molecular weight is 456 g/mol. The summed E-state index contributed by atoms with van der Waals surface area (Å²) in [6.45, 7) is 0. The molecule has 3 heterocycles. The van der Waals surface area contributed by atoms with E-state index in [2.05, 4.69) is 42.4 Å². The van der Waals surface area contributed by atoms with Crippen LogP contribution in [-0.2, 0) is 12.2 Å². The van der Waals surface area contributed by atoms with Gasteiger partial charge in [0.1, 0.15) is 11.6 Å². The molecule has 5 rings (SSSR count). The van der Waals surface area contributed by atoms with Crippen LogP contribution in [0.2, 0.25) is 0 Å². The Kier molecular flexibility index (Phi) is 6.13. The average Bonchev–Trinajstić information content (AvgIpc) is 3.55. The molecule has 0 amide bonds. The summed E-state index contributed by atoms with van der Waals surface area (Å²) in [4.78, 5) is 5.75. The molecule has 1 aromatic carbocycles. The fraction of sp³-hybridized carbons (Fsp3) is 0.364. The molecule has 0 bridgehead atoms. The Morgan fingerprint density at radius 1 is 1.10 bits per heavy atom. The van der Waals surface area contributed by atoms with E-state index in [1.54, 1.807) is 35.2 Å². The van der Waals surface area contributed by atoms with Gasteiger partial charge in [-0.2, -0.15) is 4.98 Å². The van der Waals surface area contributed by atoms with Crippen molar-refractivity contribution in [2.24, 2.45) is 0 Å². The van der Waals surface area contributed by atoms with Crippen molar-refractivity contribution in [1.82, 2.24) is 24.9 Å². The zero-order valence-corrected chi connectivity index (χ0v) is 18.5. The molecule has 0 atom stereocenters. The monoisotopic (exact) mass is 455 g/mol. The largest absolute Gasteiger partial charge is 0.334 e. The third-order valence-electron chi connectivity index (χ3n) is 5.48. The van der Waals surface area contributed by atoms with Crippen LogP contribution < -0.4 is 0 Å². The van der Waals surface area contributed by atoms with Gasteiger partial charge in [0.15, 0.2) is 11.0 Å². The first-order chi connectivity index (χ1) is 15.3. The molecule has 0 radical (unpaired) electrons. The molecule has 1 saturated carbocycles. The van der Waals surface area contributed by atoms with Gasteiger partial charge in [-0.1, -0.05) is 42.2 Å². The molecule has 6 nitrogen and oxygen atoms in total. The molecule has 9 heteroatoms. The Hall–Kier alpha value is -2.52. The highest BCUT2D eigenvalue weighted by Gasteiger charge is 2.24. The number of aromatic nitrogens is 5. The van der Waals surface area contributed by atoms with Crippen molar-refractivity contribution < 1.29 is 8.91 Å². The molecule has 1 aliphatic carbocycles. The summed E-state index contributed by atoms with van der Waals surface area (Å²) in [5.41, 5.74) is 0.703. The van der Waals surface area contributed by atoms with Gasteiger partial charge in [-0.25, -0.2) is 4.39 Å². The highest BCUT2D eigenvalue weighted by Crippen LogP contribution is 2.34. The van der Waals surface area contributed by atoms with Gasteiger partial charge in [-0.3, -0.25) is 0 Å². The summed E-state index contributed by atoms with van der Waals surface area (Å²) < 4.78 is 20.8. The predicted molar refractivity (Wildman–Crippen MR) is 119 cm³/mol. The van der Waals surface area contributed by atoms with Crippen LogP contribution in [0.15, 0.2) is 51.5 Å². The number of benzene rings is 1. The van der Waals surface area contributed by atoms with Crippen molar-refractivity contribution in [2.45, 2.75) is 55.5 Å². The van der Waals surface area contributed by atoms with Gasteiger partial charge in [0.05, 0.1) is 5.75 Å². The van der Waals surface area contributed by atoms with Gasteiger partial charge in [0.2, 0.25) is 0 Å². The molecule has 0 saturated heterocycles. The van der Waals surface area contributed by atoms with Gasteiger partial charge in [-0.05, 0) is 48.6 Å². The zero-order chi connectivity index (χ0) is 21.0. The van der Waals surface area contributed by atoms with Gasteiger partial charge in [0.25, 0.3) is 5.89 Å². The van der Waals surface area contributed by atoms with E-state index in [0.29, 0.717) is 29.1 Å². The maximum absolute atomic E-state index is 13.1. The van der Waals surface area contributed by atoms with E-state index in [1.165, 1.54) is 49.1 Å². The van der Waals surface area contributed by atoms with Crippen molar-refractivity contribution in [3.63, 3.8) is 0 Å². The Morgan fingerprint density at radius 3 is 2.71 bits per heavy atom. The molecular formula is C22H22FN5OS2. The predicted octanol–water partition coefficient (Wildman–Crippen LogP) is 5.92. The van der Waals surface area contributed by atoms with Crippen LogP contribution in [0.4, 0.5) is 4.39 Å². The molecular weight excluding hydrogens is 433 g/mol. The van der Waals surface area contributed by atoms with Crippen LogP contribution in [0, 0.1) is 5.82 Å². The fourth-order valence-electron chi connectivity index (χ4n) is 3.95. The number of hydrogen-bond acceptors (Lipinski definition) is 7. The van der Waals surface area contributed by atoms with E-state index < -0.39 is 0 Å². The highest BCUT2D eigenvalue weighted by molar-refractivity contribution is 7.98. The Labute approximate surface area is 187 Å². The lowest BCUT2D eigenvalue weighted by Crippen LogP contribution is -2.16. The maximum atomic E-state index is 13.1. The summed E-state index contributed by atoms with van der Waals surface area (Å²) in [6, 6.07) is 10.7. The molecule has 31 heavy (non-hydrogen) atoms. The van der Waals surface area contributed by atoms with E-state index in [-0.39, 0.29) is 5.82 Å². The van der Waals surface area contributed by atoms with E-state index in [4.69, 9.17) is 4.52 Å². The standard InChI is InChI=1S/C22H22FN5OS2/c23-16-10-8-15(9-11-16)21-24-19(27-29-21)14-31-22-26-25-20(13-18-7-4-12-30-18)28(22)17-5-2-1-3-6-17/h4,7-12,17H,1-3,5-6,13-14H2. The molecule has 0 aliphatic heterocycles. The number of nitrogens with zero attached hydrogens (tertiary/aromatic N) is 5. The Morgan fingerprint density at radius 2 is 1.94 bits per heavy atom. The molecule has 1 fully saturated rings. The summed E-state index contributed by atoms with van der Waals surface area (Å²) in [5.74, 6) is 2.25. The second kappa shape index (κ2) is 9.32. The number of hydrogen-bond donors (Lipinski definition) is 0. The molecule has 4 aromatic rings. The number of halogens is 1. The summed E-state index contributed by atoms with van der Waals surface area (Å²) in [7, 11) is 0. The summed E-state index contributed by atoms with van der Waals surface area (Å²) in [5, 5.41) is 16.1. The van der Waals surface area contributed by atoms with Crippen molar-refractivity contribution in [3.8, 4) is 11.5 Å². The minimum atomic E-state index is -0.292. The topological polar surface area (TPSA) is 69.6 Å². The van der Waals surface area contributed by atoms with Crippen molar-refractivity contribution in [3.05, 3.63) is 64.1 Å². The fourth-order valence-corrected chi connectivity index (χ4v) is 5.52. The molecule has 0 spiro atoms. The minimum Gasteiger partial charge on any atom is -0.334 e. The van der Waals surface area contributed by atoms with E-state index >= 15 is 0 Å². The van der Waals surface area contributed by atoms with Crippen LogP contribution in [0.25, 0.3) is 11.5 Å². The van der Waals surface area contributed by atoms with Gasteiger partial charge in [0, 0.05) is 22.9 Å². The van der Waals surface area contributed by atoms with Crippen molar-refractivity contribution in [1.29, 1.82) is 0 Å². The smallest absolute Gasteiger partial charge is 0.257 e. The Bertz CT molecular complexity index is 1120. The lowest BCUT2D eigenvalue weighted by molar-refractivity contribution is 0.330. The molecule has 160 valence electrons. The third kappa shape index (κ3) is 4.72. The first kappa shape index (κ1) is 20.4. The van der Waals surface area contributed by atoms with Crippen LogP contribution in [0.5, 0.6) is 0 Å². The van der Waals surface area contributed by atoms with Gasteiger partial charge in [-0.15, -0.1) is 21.5 Å². The van der Waals surface area contributed by atoms with E-state index in [0.717, 1.165) is 17.4 Å². The number of rotatable bonds is 7. The number of thioether (sulfide) groups is 1. The van der Waals surface area contributed by atoms with Crippen LogP contribution in [0.3, 0.4) is 0 Å². The number of thiophene rings is 1. The molecule has 0 unspecified atom stereocenters. The SMILES string of the molecule is Fc1ccc(-c2nc(CSc3nnc(Cc4cccs4)n3C3CCCCC3)no2)cc1. The van der Waals surface area contributed by atoms with Crippen LogP contribution in [0.1, 0.15) is 54.7 Å². The highest BCUT2D eigenvalue weighted by atomic mass is 32.2. The lowest BCUT2D eigenvalue weighted by atomic mass is 9.95. The second-order valence-electron chi connectivity index (χ2n) is 7.63.